The predicted octanol–water partition coefficient (Wildman–Crippen LogP) is 4.81. The molecule has 82 valence electrons. The molecule has 0 bridgehead atoms. The lowest BCUT2D eigenvalue weighted by molar-refractivity contribution is 0.270. The Morgan fingerprint density at radius 2 is 1.64 bits per heavy atom. The second-order valence-corrected chi connectivity index (χ2v) is 5.77. The summed E-state index contributed by atoms with van der Waals surface area (Å²) in [5.74, 6) is 1.47. The van der Waals surface area contributed by atoms with Crippen LogP contribution in [0.4, 0.5) is 0 Å². The van der Waals surface area contributed by atoms with E-state index in [9.17, 15) is 0 Å². The zero-order valence-electron chi connectivity index (χ0n) is 10.4. The number of allylic oxidation sites excluding steroid dienone is 1. The van der Waals surface area contributed by atoms with Crippen molar-refractivity contribution in [2.24, 2.45) is 17.3 Å². The van der Waals surface area contributed by atoms with E-state index in [1.807, 2.05) is 0 Å². The summed E-state index contributed by atoms with van der Waals surface area (Å²) in [5.41, 5.74) is 2.02. The van der Waals surface area contributed by atoms with Gasteiger partial charge in [-0.25, -0.2) is 0 Å². The largest absolute Gasteiger partial charge is 0.0990 e. The molecule has 1 rings (SSSR count). The minimum absolute atomic E-state index is 0.502. The maximum Gasteiger partial charge on any atom is -0.00858 e. The lowest BCUT2D eigenvalue weighted by Gasteiger charge is -2.35. The summed E-state index contributed by atoms with van der Waals surface area (Å²) in [6.45, 7) is 13.6. The van der Waals surface area contributed by atoms with Crippen LogP contribution in [0, 0.1) is 17.3 Å². The Morgan fingerprint density at radius 1 is 1.14 bits per heavy atom. The van der Waals surface area contributed by atoms with Gasteiger partial charge in [0.1, 0.15) is 0 Å². The first kappa shape index (κ1) is 11.8. The first-order valence-corrected chi connectivity index (χ1v) is 6.17. The molecule has 0 saturated heterocycles. The van der Waals surface area contributed by atoms with Crippen molar-refractivity contribution in [2.45, 2.75) is 59.8 Å². The van der Waals surface area contributed by atoms with Gasteiger partial charge in [-0.1, -0.05) is 52.7 Å². The highest BCUT2D eigenvalue weighted by Crippen LogP contribution is 2.50. The Morgan fingerprint density at radius 3 is 2.00 bits per heavy atom. The summed E-state index contributed by atoms with van der Waals surface area (Å²) in [4.78, 5) is 0. The van der Waals surface area contributed by atoms with Gasteiger partial charge >= 0.3 is 0 Å². The Kier molecular flexibility index (Phi) is 3.80. The average molecular weight is 194 g/mol. The van der Waals surface area contributed by atoms with Gasteiger partial charge in [-0.05, 0) is 36.5 Å². The molecule has 0 N–H and O–H groups in total. The molecule has 0 radical (unpaired) electrons. The van der Waals surface area contributed by atoms with Crippen molar-refractivity contribution in [1.82, 2.24) is 0 Å². The predicted molar refractivity (Wildman–Crippen MR) is 64.3 cm³/mol. The molecule has 1 fully saturated rings. The van der Waals surface area contributed by atoms with Crippen LogP contribution >= 0.6 is 0 Å². The van der Waals surface area contributed by atoms with E-state index in [0.29, 0.717) is 11.3 Å². The molecular weight excluding hydrogens is 168 g/mol. The fraction of sp³-hybridized carbons (Fsp3) is 0.857. The molecule has 14 heavy (non-hydrogen) atoms. The first-order valence-electron chi connectivity index (χ1n) is 6.17. The van der Waals surface area contributed by atoms with Gasteiger partial charge in [-0.2, -0.15) is 0 Å². The average Bonchev–Trinajstić information content (AvgIpc) is 2.51. The Labute approximate surface area is 89.8 Å². The molecule has 0 aliphatic heterocycles. The summed E-state index contributed by atoms with van der Waals surface area (Å²) in [6.07, 6.45) is 6.96. The van der Waals surface area contributed by atoms with Gasteiger partial charge in [0, 0.05) is 0 Å². The van der Waals surface area contributed by atoms with Gasteiger partial charge < -0.3 is 0 Å². The van der Waals surface area contributed by atoms with Gasteiger partial charge in [0.05, 0.1) is 0 Å². The highest BCUT2D eigenvalue weighted by molar-refractivity contribution is 5.14. The van der Waals surface area contributed by atoms with Crippen LogP contribution in [0.25, 0.3) is 0 Å². The molecule has 0 heterocycles. The van der Waals surface area contributed by atoms with Crippen LogP contribution in [0.1, 0.15) is 59.8 Å². The van der Waals surface area contributed by atoms with Gasteiger partial charge in [0.25, 0.3) is 0 Å². The van der Waals surface area contributed by atoms with Crippen LogP contribution in [0.5, 0.6) is 0 Å². The molecule has 0 amide bonds. The monoisotopic (exact) mass is 194 g/mol. The highest BCUT2D eigenvalue weighted by Gasteiger charge is 2.37. The summed E-state index contributed by atoms with van der Waals surface area (Å²) in [5, 5.41) is 0. The number of hydrogen-bond acceptors (Lipinski definition) is 0. The maximum absolute atomic E-state index is 4.36. The van der Waals surface area contributed by atoms with Crippen LogP contribution in [-0.2, 0) is 0 Å². The van der Waals surface area contributed by atoms with E-state index >= 15 is 0 Å². The fourth-order valence-electron chi connectivity index (χ4n) is 3.10. The molecule has 0 aromatic heterocycles. The molecule has 1 aliphatic carbocycles. The molecule has 0 heteroatoms. The molecule has 0 nitrogen and oxygen atoms in total. The summed E-state index contributed by atoms with van der Waals surface area (Å²) >= 11 is 0. The molecule has 1 saturated carbocycles. The second-order valence-electron chi connectivity index (χ2n) is 5.77. The van der Waals surface area contributed by atoms with E-state index < -0.39 is 0 Å². The van der Waals surface area contributed by atoms with E-state index in [1.54, 1.807) is 0 Å². The highest BCUT2D eigenvalue weighted by atomic mass is 14.4. The van der Waals surface area contributed by atoms with E-state index in [-0.39, 0.29) is 0 Å². The molecule has 0 aromatic carbocycles. The van der Waals surface area contributed by atoms with Crippen LogP contribution in [-0.4, -0.2) is 0 Å². The third kappa shape index (κ3) is 2.40. The van der Waals surface area contributed by atoms with Crippen molar-refractivity contribution >= 4 is 0 Å². The first-order chi connectivity index (χ1) is 6.48. The van der Waals surface area contributed by atoms with Crippen molar-refractivity contribution in [3.8, 4) is 0 Å². The quantitative estimate of drug-likeness (QED) is 0.564. The fourth-order valence-corrected chi connectivity index (χ4v) is 3.10. The number of hydrogen-bond donors (Lipinski definition) is 0. The zero-order valence-corrected chi connectivity index (χ0v) is 10.4. The van der Waals surface area contributed by atoms with Crippen LogP contribution in [0.2, 0.25) is 0 Å². The summed E-state index contributed by atoms with van der Waals surface area (Å²) < 4.78 is 0. The minimum Gasteiger partial charge on any atom is -0.0990 e. The third-order valence-electron chi connectivity index (χ3n) is 3.74. The summed E-state index contributed by atoms with van der Waals surface area (Å²) in [7, 11) is 0. The van der Waals surface area contributed by atoms with Crippen LogP contribution < -0.4 is 0 Å². The van der Waals surface area contributed by atoms with Gasteiger partial charge in [-0.3, -0.25) is 0 Å². The van der Waals surface area contributed by atoms with E-state index in [4.69, 9.17) is 0 Å². The SMILES string of the molecule is C=C(C(C)C)C1(CC(C)C)CCCC1. The Bertz CT molecular complexity index is 192. The molecule has 0 atom stereocenters. The van der Waals surface area contributed by atoms with Crippen molar-refractivity contribution < 1.29 is 0 Å². The maximum atomic E-state index is 4.36. The number of rotatable bonds is 4. The van der Waals surface area contributed by atoms with Crippen LogP contribution in [0.3, 0.4) is 0 Å². The molecule has 0 spiro atoms. The molecular formula is C14H26. The summed E-state index contributed by atoms with van der Waals surface area (Å²) in [6, 6.07) is 0. The van der Waals surface area contributed by atoms with Crippen molar-refractivity contribution in [3.05, 3.63) is 12.2 Å². The van der Waals surface area contributed by atoms with E-state index in [0.717, 1.165) is 5.92 Å². The van der Waals surface area contributed by atoms with Crippen molar-refractivity contribution in [3.63, 3.8) is 0 Å². The standard InChI is InChI=1S/C14H26/c1-11(2)10-14(8-6-7-9-14)13(5)12(3)4/h11-12H,5-10H2,1-4H3. The van der Waals surface area contributed by atoms with Gasteiger partial charge in [0.15, 0.2) is 0 Å². The zero-order chi connectivity index (χ0) is 10.8. The Hall–Kier alpha value is -0.260. The van der Waals surface area contributed by atoms with Crippen molar-refractivity contribution in [1.29, 1.82) is 0 Å². The lowest BCUT2D eigenvalue weighted by atomic mass is 9.70. The smallest absolute Gasteiger partial charge is 0.00858 e. The van der Waals surface area contributed by atoms with Gasteiger partial charge in [-0.15, -0.1) is 0 Å². The Balaban J connectivity index is 2.76. The third-order valence-corrected chi connectivity index (χ3v) is 3.74. The van der Waals surface area contributed by atoms with Crippen LogP contribution in [0.15, 0.2) is 12.2 Å². The van der Waals surface area contributed by atoms with E-state index in [2.05, 4.69) is 34.3 Å². The second kappa shape index (κ2) is 4.51. The minimum atomic E-state index is 0.502. The molecule has 1 aliphatic rings. The molecule has 0 unspecified atom stereocenters. The topological polar surface area (TPSA) is 0 Å². The van der Waals surface area contributed by atoms with Crippen molar-refractivity contribution in [2.75, 3.05) is 0 Å². The van der Waals surface area contributed by atoms with Gasteiger partial charge in [0.2, 0.25) is 0 Å². The molecule has 0 aromatic rings. The lowest BCUT2D eigenvalue weighted by Crippen LogP contribution is -2.24. The normalized spacial score (nSPS) is 20.7. The van der Waals surface area contributed by atoms with E-state index in [1.165, 1.54) is 37.7 Å².